The molecule has 0 spiro atoms. The SMILES string of the molecule is CC[C@@]1(n2cnc3c(N)ncnc32)O[C@H](COS(=O)(=O)O)[C@@H](O)[C@H]1O. The molecule has 2 aromatic rings. The van der Waals surface area contributed by atoms with Gasteiger partial charge in [-0.3, -0.25) is 9.12 Å². The minimum Gasteiger partial charge on any atom is -0.387 e. The second-order valence-corrected chi connectivity index (χ2v) is 6.64. The van der Waals surface area contributed by atoms with Crippen molar-refractivity contribution in [2.24, 2.45) is 0 Å². The Balaban J connectivity index is 2.01. The maximum Gasteiger partial charge on any atom is 0.397 e. The summed E-state index contributed by atoms with van der Waals surface area (Å²) < 4.78 is 41.5. The van der Waals surface area contributed by atoms with Crippen molar-refractivity contribution in [2.75, 3.05) is 12.3 Å². The summed E-state index contributed by atoms with van der Waals surface area (Å²) in [5.74, 6) is 0.134. The van der Waals surface area contributed by atoms with Crippen LogP contribution in [0, 0.1) is 0 Å². The number of nitrogen functional groups attached to an aromatic ring is 1. The molecule has 5 N–H and O–H groups in total. The normalized spacial score (nSPS) is 30.2. The molecule has 0 aromatic carbocycles. The van der Waals surface area contributed by atoms with Crippen molar-refractivity contribution in [3.63, 3.8) is 0 Å². The molecular weight excluding hydrogens is 358 g/mol. The highest BCUT2D eigenvalue weighted by Gasteiger charge is 2.55. The molecule has 4 atom stereocenters. The van der Waals surface area contributed by atoms with Gasteiger partial charge in [0.1, 0.15) is 30.2 Å². The topological polar surface area (TPSA) is 183 Å². The molecule has 1 saturated heterocycles. The van der Waals surface area contributed by atoms with Crippen LogP contribution >= 0.6 is 0 Å². The second kappa shape index (κ2) is 6.12. The molecule has 0 radical (unpaired) electrons. The van der Waals surface area contributed by atoms with Crippen LogP contribution in [0.2, 0.25) is 0 Å². The quantitative estimate of drug-likeness (QED) is 0.442. The summed E-state index contributed by atoms with van der Waals surface area (Å²) >= 11 is 0. The van der Waals surface area contributed by atoms with E-state index in [0.29, 0.717) is 5.52 Å². The van der Waals surface area contributed by atoms with Crippen LogP contribution in [-0.4, -0.2) is 67.6 Å². The maximum atomic E-state index is 10.7. The highest BCUT2D eigenvalue weighted by atomic mass is 32.3. The second-order valence-electron chi connectivity index (χ2n) is 5.55. The molecule has 13 heteroatoms. The van der Waals surface area contributed by atoms with E-state index >= 15 is 0 Å². The van der Waals surface area contributed by atoms with E-state index in [1.807, 2.05) is 0 Å². The van der Waals surface area contributed by atoms with E-state index in [0.717, 1.165) is 0 Å². The van der Waals surface area contributed by atoms with E-state index in [1.54, 1.807) is 6.92 Å². The molecule has 2 aromatic heterocycles. The van der Waals surface area contributed by atoms with Crippen LogP contribution in [0.25, 0.3) is 11.2 Å². The minimum absolute atomic E-state index is 0.134. The zero-order valence-corrected chi connectivity index (χ0v) is 13.9. The summed E-state index contributed by atoms with van der Waals surface area (Å²) in [5, 5.41) is 20.8. The number of nitrogens with two attached hydrogens (primary N) is 1. The molecule has 1 aliphatic rings. The summed E-state index contributed by atoms with van der Waals surface area (Å²) in [5.41, 5.74) is 4.82. The number of aliphatic hydroxyl groups excluding tert-OH is 2. The first-order valence-corrected chi connectivity index (χ1v) is 8.66. The number of hydrogen-bond acceptors (Lipinski definition) is 10. The van der Waals surface area contributed by atoms with Crippen LogP contribution < -0.4 is 5.73 Å². The summed E-state index contributed by atoms with van der Waals surface area (Å²) in [6.45, 7) is 1.01. The average molecular weight is 375 g/mol. The van der Waals surface area contributed by atoms with Crippen molar-refractivity contribution in [3.8, 4) is 0 Å². The van der Waals surface area contributed by atoms with Crippen molar-refractivity contribution >= 4 is 27.4 Å². The van der Waals surface area contributed by atoms with Crippen LogP contribution in [-0.2, 0) is 25.0 Å². The predicted molar refractivity (Wildman–Crippen MR) is 82.4 cm³/mol. The molecule has 138 valence electrons. The molecule has 0 bridgehead atoms. The van der Waals surface area contributed by atoms with Crippen molar-refractivity contribution < 1.29 is 32.1 Å². The van der Waals surface area contributed by atoms with Crippen molar-refractivity contribution in [1.82, 2.24) is 19.5 Å². The van der Waals surface area contributed by atoms with E-state index in [4.69, 9.17) is 15.0 Å². The Morgan fingerprint density at radius 3 is 2.76 bits per heavy atom. The van der Waals surface area contributed by atoms with Gasteiger partial charge in [-0.25, -0.2) is 19.1 Å². The van der Waals surface area contributed by atoms with Gasteiger partial charge in [0.15, 0.2) is 17.2 Å². The zero-order chi connectivity index (χ0) is 18.4. The number of hydrogen-bond donors (Lipinski definition) is 4. The lowest BCUT2D eigenvalue weighted by Crippen LogP contribution is -2.45. The molecule has 0 saturated carbocycles. The third kappa shape index (κ3) is 2.94. The largest absolute Gasteiger partial charge is 0.397 e. The van der Waals surface area contributed by atoms with Crippen molar-refractivity contribution in [1.29, 1.82) is 0 Å². The molecule has 3 heterocycles. The summed E-state index contributed by atoms with van der Waals surface area (Å²) in [6, 6.07) is 0. The molecular formula is C12H17N5O7S. The number of nitrogens with zero attached hydrogens (tertiary/aromatic N) is 4. The number of rotatable bonds is 5. The highest BCUT2D eigenvalue weighted by Crippen LogP contribution is 2.40. The number of ether oxygens (including phenoxy) is 1. The van der Waals surface area contributed by atoms with Gasteiger partial charge in [-0.15, -0.1) is 0 Å². The fourth-order valence-electron chi connectivity index (χ4n) is 2.95. The third-order valence-corrected chi connectivity index (χ3v) is 4.61. The lowest BCUT2D eigenvalue weighted by atomic mass is 10.00. The standard InChI is InChI=1S/C12H17N5O7S/c1-2-12(17-5-16-7-10(13)14-4-15-11(7)17)9(19)8(18)6(24-12)3-23-25(20,21)22/h4-6,8-9,18-19H,2-3H2,1H3,(H2,13,14,15)(H,20,21,22)/t6-,8-,9-,12-/m1/s1. The smallest absolute Gasteiger partial charge is 0.387 e. The molecule has 0 amide bonds. The van der Waals surface area contributed by atoms with Gasteiger partial charge < -0.3 is 20.7 Å². The lowest BCUT2D eigenvalue weighted by molar-refractivity contribution is -0.146. The van der Waals surface area contributed by atoms with Crippen LogP contribution in [0.4, 0.5) is 5.82 Å². The Morgan fingerprint density at radius 2 is 2.12 bits per heavy atom. The van der Waals surface area contributed by atoms with E-state index < -0.39 is 41.0 Å². The average Bonchev–Trinajstić information content (AvgIpc) is 3.08. The molecule has 3 rings (SSSR count). The molecule has 0 unspecified atom stereocenters. The zero-order valence-electron chi connectivity index (χ0n) is 13.1. The van der Waals surface area contributed by atoms with E-state index in [2.05, 4.69) is 19.1 Å². The van der Waals surface area contributed by atoms with E-state index in [9.17, 15) is 18.6 Å². The third-order valence-electron chi connectivity index (χ3n) is 4.18. The van der Waals surface area contributed by atoms with E-state index in [1.165, 1.54) is 17.2 Å². The van der Waals surface area contributed by atoms with Crippen LogP contribution in [0.1, 0.15) is 13.3 Å². The summed E-state index contributed by atoms with van der Waals surface area (Å²) in [4.78, 5) is 12.0. The first kappa shape index (κ1) is 17.9. The first-order valence-electron chi connectivity index (χ1n) is 7.29. The number of imidazole rings is 1. The van der Waals surface area contributed by atoms with Gasteiger partial charge in [0, 0.05) is 0 Å². The minimum atomic E-state index is -4.72. The molecule has 0 aliphatic carbocycles. The first-order chi connectivity index (χ1) is 11.7. The molecule has 12 nitrogen and oxygen atoms in total. The fourth-order valence-corrected chi connectivity index (χ4v) is 3.26. The Kier molecular flexibility index (Phi) is 4.38. The van der Waals surface area contributed by atoms with Gasteiger partial charge in [-0.05, 0) is 6.42 Å². The Labute approximate surface area is 142 Å². The van der Waals surface area contributed by atoms with Gasteiger partial charge in [0.05, 0.1) is 12.9 Å². The number of fused-ring (bicyclic) bond motifs is 1. The molecule has 1 aliphatic heterocycles. The van der Waals surface area contributed by atoms with Crippen LogP contribution in [0.3, 0.4) is 0 Å². The highest BCUT2D eigenvalue weighted by molar-refractivity contribution is 7.80. The van der Waals surface area contributed by atoms with Crippen molar-refractivity contribution in [2.45, 2.75) is 37.4 Å². The Bertz CT molecular complexity index is 887. The molecule has 1 fully saturated rings. The lowest BCUT2D eigenvalue weighted by Gasteiger charge is -2.32. The maximum absolute atomic E-state index is 10.7. The van der Waals surface area contributed by atoms with Gasteiger partial charge in [-0.1, -0.05) is 6.92 Å². The van der Waals surface area contributed by atoms with Gasteiger partial charge in [-0.2, -0.15) is 8.42 Å². The summed E-state index contributed by atoms with van der Waals surface area (Å²) in [6.07, 6.45) is -1.40. The predicted octanol–water partition coefficient (Wildman–Crippen LogP) is -1.59. The Hall–Kier alpha value is -1.90. The van der Waals surface area contributed by atoms with Crippen LogP contribution in [0.15, 0.2) is 12.7 Å². The Morgan fingerprint density at radius 1 is 1.40 bits per heavy atom. The monoisotopic (exact) mass is 375 g/mol. The van der Waals surface area contributed by atoms with Crippen molar-refractivity contribution in [3.05, 3.63) is 12.7 Å². The number of anilines is 1. The van der Waals surface area contributed by atoms with Crippen LogP contribution in [0.5, 0.6) is 0 Å². The molecule has 25 heavy (non-hydrogen) atoms. The number of aliphatic hydroxyl groups is 2. The fraction of sp³-hybridized carbons (Fsp3) is 0.583. The van der Waals surface area contributed by atoms with Gasteiger partial charge in [0.2, 0.25) is 0 Å². The van der Waals surface area contributed by atoms with E-state index in [-0.39, 0.29) is 17.9 Å². The van der Waals surface area contributed by atoms with Gasteiger partial charge in [0.25, 0.3) is 0 Å². The van der Waals surface area contributed by atoms with Gasteiger partial charge >= 0.3 is 10.4 Å². The number of aromatic nitrogens is 4. The summed E-state index contributed by atoms with van der Waals surface area (Å²) in [7, 11) is -4.72.